The lowest BCUT2D eigenvalue weighted by molar-refractivity contribution is 0.0941. The summed E-state index contributed by atoms with van der Waals surface area (Å²) in [5.74, 6) is -5.07. The van der Waals surface area contributed by atoms with Crippen molar-refractivity contribution in [1.82, 2.24) is 19.8 Å². The maximum absolute atomic E-state index is 14.3. The molecule has 1 amide bonds. The second-order valence-corrected chi connectivity index (χ2v) is 7.88. The molecule has 2 aromatic carbocycles. The zero-order chi connectivity index (χ0) is 21.3. The minimum atomic E-state index is -4.81. The Morgan fingerprint density at radius 1 is 1.17 bits per heavy atom. The lowest BCUT2D eigenvalue weighted by Crippen LogP contribution is -2.42. The molecule has 0 aliphatic heterocycles. The average molecular weight is 445 g/mol. The molecule has 0 saturated heterocycles. The van der Waals surface area contributed by atoms with E-state index in [1.165, 1.54) is 17.2 Å². The number of halogens is 4. The molecule has 0 saturated carbocycles. The molecule has 29 heavy (non-hydrogen) atoms. The van der Waals surface area contributed by atoms with Crippen molar-refractivity contribution in [1.29, 1.82) is 0 Å². The van der Waals surface area contributed by atoms with Crippen LogP contribution in [0.4, 0.5) is 13.2 Å². The van der Waals surface area contributed by atoms with Crippen LogP contribution in [0, 0.1) is 17.5 Å². The number of amides is 1. The summed E-state index contributed by atoms with van der Waals surface area (Å²) in [7, 11) is -3.11. The van der Waals surface area contributed by atoms with Crippen molar-refractivity contribution in [2.75, 3.05) is 0 Å². The molecule has 0 bridgehead atoms. The average Bonchev–Trinajstić information content (AvgIpc) is 3.08. The lowest BCUT2D eigenvalue weighted by Gasteiger charge is -2.11. The second-order valence-electron chi connectivity index (χ2n) is 5.85. The fraction of sp³-hybridized carbons (Fsp3) is 0.0588. The number of rotatable bonds is 5. The number of nitrogens with one attached hydrogen (secondary N) is 2. The van der Waals surface area contributed by atoms with Gasteiger partial charge < -0.3 is 4.57 Å². The summed E-state index contributed by atoms with van der Waals surface area (Å²) in [5, 5.41) is -0.402. The van der Waals surface area contributed by atoms with Crippen molar-refractivity contribution >= 4 is 27.5 Å². The molecule has 1 aromatic heterocycles. The number of carbonyl (C=O) groups excluding carboxylic acids is 1. The Hall–Kier alpha value is -2.89. The Labute approximate surface area is 168 Å². The maximum Gasteiger partial charge on any atom is 0.269 e. The van der Waals surface area contributed by atoms with Gasteiger partial charge in [0.2, 0.25) is 0 Å². The van der Waals surface area contributed by atoms with Crippen molar-refractivity contribution in [3.05, 3.63) is 70.9 Å². The van der Waals surface area contributed by atoms with Gasteiger partial charge in [-0.1, -0.05) is 17.7 Å². The van der Waals surface area contributed by atoms with Crippen molar-refractivity contribution < 1.29 is 26.4 Å². The largest absolute Gasteiger partial charge is 0.340 e. The minimum Gasteiger partial charge on any atom is -0.340 e. The first-order valence-corrected chi connectivity index (χ1v) is 9.70. The van der Waals surface area contributed by atoms with E-state index in [9.17, 15) is 26.4 Å². The molecule has 2 N–H and O–H groups in total. The normalized spacial score (nSPS) is 11.5. The molecular formula is C17H12ClF3N4O3S. The van der Waals surface area contributed by atoms with E-state index in [0.29, 0.717) is 11.3 Å². The van der Waals surface area contributed by atoms with Crippen LogP contribution in [-0.2, 0) is 17.1 Å². The Morgan fingerprint density at radius 2 is 1.83 bits per heavy atom. The number of aryl methyl sites for hydroxylation is 1. The Bertz CT molecular complexity index is 1190. The highest BCUT2D eigenvalue weighted by Crippen LogP contribution is 2.27. The molecule has 152 valence electrons. The molecule has 0 fully saturated rings. The molecule has 3 rings (SSSR count). The molecule has 0 aliphatic rings. The monoisotopic (exact) mass is 444 g/mol. The SMILES string of the molecule is Cn1cnc(-c2cc(Cl)c(F)c(C(=O)NNS(=O)(=O)c3c(F)cccc3F)c2)c1. The Morgan fingerprint density at radius 3 is 2.41 bits per heavy atom. The van der Waals surface area contributed by atoms with Crippen LogP contribution in [-0.4, -0.2) is 23.9 Å². The summed E-state index contributed by atoms with van der Waals surface area (Å²) >= 11 is 5.82. The number of sulfonamides is 1. The zero-order valence-corrected chi connectivity index (χ0v) is 16.2. The number of hydrogen-bond donors (Lipinski definition) is 2. The van der Waals surface area contributed by atoms with Crippen LogP contribution < -0.4 is 10.3 Å². The molecule has 3 aromatic rings. The topological polar surface area (TPSA) is 93.1 Å². The summed E-state index contributed by atoms with van der Waals surface area (Å²) in [6.45, 7) is 0. The zero-order valence-electron chi connectivity index (χ0n) is 14.6. The van der Waals surface area contributed by atoms with E-state index in [1.54, 1.807) is 23.2 Å². The number of carbonyl (C=O) groups is 1. The molecule has 7 nitrogen and oxygen atoms in total. The van der Waals surface area contributed by atoms with Crippen LogP contribution in [0.3, 0.4) is 0 Å². The van der Waals surface area contributed by atoms with Gasteiger partial charge in [-0.3, -0.25) is 10.2 Å². The molecule has 0 aliphatic carbocycles. The van der Waals surface area contributed by atoms with Crippen molar-refractivity contribution in [3.63, 3.8) is 0 Å². The summed E-state index contributed by atoms with van der Waals surface area (Å²) < 4.78 is 67.5. The number of hydrazine groups is 1. The van der Waals surface area contributed by atoms with Crippen molar-refractivity contribution in [3.8, 4) is 11.3 Å². The van der Waals surface area contributed by atoms with Crippen LogP contribution >= 0.6 is 11.6 Å². The van der Waals surface area contributed by atoms with Gasteiger partial charge in [-0.25, -0.2) is 26.6 Å². The van der Waals surface area contributed by atoms with Crippen LogP contribution in [0.5, 0.6) is 0 Å². The molecule has 0 atom stereocenters. The molecule has 12 heteroatoms. The highest BCUT2D eigenvalue weighted by Gasteiger charge is 2.25. The number of hydrogen-bond acceptors (Lipinski definition) is 4. The second kappa shape index (κ2) is 7.85. The Kier molecular flexibility index (Phi) is 5.64. The van der Waals surface area contributed by atoms with Crippen LogP contribution in [0.2, 0.25) is 5.02 Å². The van der Waals surface area contributed by atoms with E-state index in [0.717, 1.165) is 24.3 Å². The summed E-state index contributed by atoms with van der Waals surface area (Å²) in [6.07, 6.45) is 3.07. The number of imidazole rings is 1. The fourth-order valence-electron chi connectivity index (χ4n) is 2.44. The molecular weight excluding hydrogens is 433 g/mol. The van der Waals surface area contributed by atoms with Crippen molar-refractivity contribution in [2.24, 2.45) is 7.05 Å². The van der Waals surface area contributed by atoms with E-state index in [2.05, 4.69) is 4.98 Å². The molecule has 0 unspecified atom stereocenters. The third-order valence-electron chi connectivity index (χ3n) is 3.76. The summed E-state index contributed by atoms with van der Waals surface area (Å²) in [6, 6.07) is 4.79. The van der Waals surface area contributed by atoms with E-state index < -0.39 is 48.9 Å². The molecule has 0 spiro atoms. The van der Waals surface area contributed by atoms with Crippen molar-refractivity contribution in [2.45, 2.75) is 4.90 Å². The predicted octanol–water partition coefficient (Wildman–Crippen LogP) is 2.78. The van der Waals surface area contributed by atoms with E-state index in [4.69, 9.17) is 11.6 Å². The first-order valence-electron chi connectivity index (χ1n) is 7.83. The minimum absolute atomic E-state index is 0.296. The summed E-state index contributed by atoms with van der Waals surface area (Å²) in [5.41, 5.74) is 1.79. The highest BCUT2D eigenvalue weighted by atomic mass is 35.5. The summed E-state index contributed by atoms with van der Waals surface area (Å²) in [4.78, 5) is 16.6. The highest BCUT2D eigenvalue weighted by molar-refractivity contribution is 7.89. The quantitative estimate of drug-likeness (QED) is 0.592. The van der Waals surface area contributed by atoms with E-state index in [1.807, 2.05) is 0 Å². The first kappa shape index (κ1) is 20.8. The fourth-order valence-corrected chi connectivity index (χ4v) is 3.63. The van der Waals surface area contributed by atoms with Gasteiger partial charge in [0.1, 0.15) is 11.6 Å². The standard InChI is InChI=1S/C17H12ClF3N4O3S/c1-25-7-14(22-8-25)9-5-10(15(21)11(18)6-9)17(26)23-24-29(27,28)16-12(19)3-2-4-13(16)20/h2-8,24H,1H3,(H,23,26). The van der Waals surface area contributed by atoms with Crippen LogP contribution in [0.25, 0.3) is 11.3 Å². The van der Waals surface area contributed by atoms with Crippen LogP contribution in [0.1, 0.15) is 10.4 Å². The first-order chi connectivity index (χ1) is 13.6. The van der Waals surface area contributed by atoms with Gasteiger partial charge in [0.15, 0.2) is 10.7 Å². The van der Waals surface area contributed by atoms with Gasteiger partial charge in [-0.15, -0.1) is 4.83 Å². The molecule has 1 heterocycles. The van der Waals surface area contributed by atoms with Gasteiger partial charge in [0.25, 0.3) is 15.9 Å². The molecule has 0 radical (unpaired) electrons. The smallest absolute Gasteiger partial charge is 0.269 e. The van der Waals surface area contributed by atoms with Gasteiger partial charge in [0.05, 0.1) is 22.6 Å². The third kappa shape index (κ3) is 4.26. The number of benzene rings is 2. The number of nitrogens with zero attached hydrogens (tertiary/aromatic N) is 2. The van der Waals surface area contributed by atoms with E-state index >= 15 is 0 Å². The predicted molar refractivity (Wildman–Crippen MR) is 97.8 cm³/mol. The van der Waals surface area contributed by atoms with Gasteiger partial charge in [-0.05, 0) is 24.3 Å². The third-order valence-corrected chi connectivity index (χ3v) is 5.33. The Balaban J connectivity index is 1.88. The maximum atomic E-state index is 14.3. The van der Waals surface area contributed by atoms with Gasteiger partial charge >= 0.3 is 0 Å². The van der Waals surface area contributed by atoms with Crippen LogP contribution in [0.15, 0.2) is 47.8 Å². The van der Waals surface area contributed by atoms with Gasteiger partial charge in [0, 0.05) is 18.8 Å². The van der Waals surface area contributed by atoms with Gasteiger partial charge in [-0.2, -0.15) is 0 Å². The number of aromatic nitrogens is 2. The van der Waals surface area contributed by atoms with E-state index in [-0.39, 0.29) is 0 Å². The lowest BCUT2D eigenvalue weighted by atomic mass is 10.1.